The molecule has 2 N–H and O–H groups in total. The van der Waals surface area contributed by atoms with Crippen molar-refractivity contribution in [2.24, 2.45) is 4.99 Å². The van der Waals surface area contributed by atoms with E-state index in [9.17, 15) is 8.42 Å². The molecule has 1 aliphatic rings. The molecule has 1 rings (SSSR count). The highest BCUT2D eigenvalue weighted by atomic mass is 32.2. The molecule has 0 aromatic rings. The molecule has 7 nitrogen and oxygen atoms in total. The van der Waals surface area contributed by atoms with Crippen LogP contribution in [0.1, 0.15) is 19.8 Å². The van der Waals surface area contributed by atoms with E-state index in [2.05, 4.69) is 20.5 Å². The van der Waals surface area contributed by atoms with Gasteiger partial charge in [0.2, 0.25) is 0 Å². The lowest BCUT2D eigenvalue weighted by atomic mass is 10.3. The monoisotopic (exact) mass is 334 g/mol. The second kappa shape index (κ2) is 10.8. The van der Waals surface area contributed by atoms with Gasteiger partial charge in [-0.15, -0.1) is 0 Å². The van der Waals surface area contributed by atoms with Gasteiger partial charge in [-0.3, -0.25) is 9.89 Å². The number of hydrogen-bond acceptors (Lipinski definition) is 5. The normalized spacial score (nSPS) is 17.5. The Morgan fingerprint density at radius 1 is 1.23 bits per heavy atom. The third kappa shape index (κ3) is 9.97. The van der Waals surface area contributed by atoms with Crippen molar-refractivity contribution >= 4 is 15.8 Å². The Bertz CT molecular complexity index is 420. The van der Waals surface area contributed by atoms with E-state index in [4.69, 9.17) is 4.74 Å². The number of aliphatic imine (C=N–C) groups is 1. The van der Waals surface area contributed by atoms with Crippen LogP contribution in [0.3, 0.4) is 0 Å². The Morgan fingerprint density at radius 2 is 1.95 bits per heavy atom. The fourth-order valence-corrected chi connectivity index (χ4v) is 2.85. The van der Waals surface area contributed by atoms with E-state index in [1.165, 1.54) is 6.26 Å². The van der Waals surface area contributed by atoms with Crippen LogP contribution < -0.4 is 10.6 Å². The van der Waals surface area contributed by atoms with Gasteiger partial charge in [0.1, 0.15) is 9.84 Å². The molecule has 0 bridgehead atoms. The van der Waals surface area contributed by atoms with Gasteiger partial charge < -0.3 is 15.4 Å². The number of ether oxygens (including phenoxy) is 1. The van der Waals surface area contributed by atoms with Crippen molar-refractivity contribution in [1.82, 2.24) is 15.5 Å². The minimum absolute atomic E-state index is 0.187. The second-order valence-electron chi connectivity index (χ2n) is 5.48. The van der Waals surface area contributed by atoms with E-state index in [0.29, 0.717) is 13.0 Å². The van der Waals surface area contributed by atoms with Crippen LogP contribution in [-0.4, -0.2) is 83.8 Å². The van der Waals surface area contributed by atoms with Gasteiger partial charge in [-0.2, -0.15) is 0 Å². The molecule has 1 saturated heterocycles. The summed E-state index contributed by atoms with van der Waals surface area (Å²) >= 11 is 0. The summed E-state index contributed by atoms with van der Waals surface area (Å²) in [6.45, 7) is 8.93. The number of morpholine rings is 1. The molecule has 0 atom stereocenters. The van der Waals surface area contributed by atoms with Gasteiger partial charge in [-0.05, 0) is 26.3 Å². The van der Waals surface area contributed by atoms with Crippen molar-refractivity contribution in [2.75, 3.05) is 64.5 Å². The first kappa shape index (κ1) is 19.2. The average Bonchev–Trinajstić information content (AvgIpc) is 2.48. The zero-order valence-electron chi connectivity index (χ0n) is 13.8. The first-order valence-electron chi connectivity index (χ1n) is 8.01. The maximum absolute atomic E-state index is 11.1. The molecule has 130 valence electrons. The number of nitrogens with one attached hydrogen (secondary N) is 2. The van der Waals surface area contributed by atoms with Gasteiger partial charge in [0.15, 0.2) is 5.96 Å². The van der Waals surface area contributed by atoms with Gasteiger partial charge >= 0.3 is 0 Å². The third-order valence-electron chi connectivity index (χ3n) is 3.33. The zero-order valence-corrected chi connectivity index (χ0v) is 14.6. The van der Waals surface area contributed by atoms with Crippen molar-refractivity contribution in [2.45, 2.75) is 19.8 Å². The van der Waals surface area contributed by atoms with Crippen LogP contribution in [0.2, 0.25) is 0 Å². The average molecular weight is 334 g/mol. The highest BCUT2D eigenvalue weighted by Gasteiger charge is 2.09. The number of sulfone groups is 1. The van der Waals surface area contributed by atoms with Crippen LogP contribution in [-0.2, 0) is 14.6 Å². The molecule has 0 saturated carbocycles. The van der Waals surface area contributed by atoms with E-state index in [-0.39, 0.29) is 5.75 Å². The lowest BCUT2D eigenvalue weighted by Gasteiger charge is -2.26. The number of guanidine groups is 1. The molecule has 0 amide bonds. The summed E-state index contributed by atoms with van der Waals surface area (Å²) in [5.74, 6) is 0.949. The van der Waals surface area contributed by atoms with Crippen molar-refractivity contribution in [1.29, 1.82) is 0 Å². The van der Waals surface area contributed by atoms with Crippen LogP contribution in [0.4, 0.5) is 0 Å². The number of rotatable bonds is 9. The second-order valence-corrected chi connectivity index (χ2v) is 7.74. The molecule has 0 aromatic heterocycles. The van der Waals surface area contributed by atoms with Crippen LogP contribution in [0.15, 0.2) is 4.99 Å². The third-order valence-corrected chi connectivity index (χ3v) is 4.36. The van der Waals surface area contributed by atoms with Crippen molar-refractivity contribution < 1.29 is 13.2 Å². The molecular formula is C14H30N4O3S. The quantitative estimate of drug-likeness (QED) is 0.342. The minimum atomic E-state index is -2.89. The van der Waals surface area contributed by atoms with Crippen LogP contribution >= 0.6 is 0 Å². The first-order chi connectivity index (χ1) is 10.5. The van der Waals surface area contributed by atoms with E-state index in [0.717, 1.165) is 58.3 Å². The largest absolute Gasteiger partial charge is 0.379 e. The van der Waals surface area contributed by atoms with Gasteiger partial charge in [0.05, 0.1) is 19.0 Å². The highest BCUT2D eigenvalue weighted by molar-refractivity contribution is 7.90. The Labute approximate surface area is 134 Å². The Hall–Kier alpha value is -0.860. The van der Waals surface area contributed by atoms with Gasteiger partial charge in [-0.25, -0.2) is 8.42 Å². The maximum Gasteiger partial charge on any atom is 0.191 e. The summed E-state index contributed by atoms with van der Waals surface area (Å²) in [6.07, 6.45) is 2.86. The number of nitrogens with zero attached hydrogens (tertiary/aromatic N) is 2. The van der Waals surface area contributed by atoms with Crippen LogP contribution in [0, 0.1) is 0 Å². The molecule has 8 heteroatoms. The Kier molecular flexibility index (Phi) is 9.42. The number of hydrogen-bond donors (Lipinski definition) is 2. The topological polar surface area (TPSA) is 83.0 Å². The molecule has 0 unspecified atom stereocenters. The SMILES string of the molecule is CCNC(=NCCCS(C)(=O)=O)NCCCN1CCOCC1. The lowest BCUT2D eigenvalue weighted by Crippen LogP contribution is -2.40. The van der Waals surface area contributed by atoms with Crippen molar-refractivity contribution in [3.05, 3.63) is 0 Å². The zero-order chi connectivity index (χ0) is 16.3. The molecule has 0 radical (unpaired) electrons. The molecule has 0 spiro atoms. The van der Waals surface area contributed by atoms with E-state index in [1.54, 1.807) is 0 Å². The molecule has 0 aliphatic carbocycles. The standard InChI is InChI=1S/C14H30N4O3S/c1-3-15-14(17-7-5-13-22(2,19)20)16-6-4-8-18-9-11-21-12-10-18/h3-13H2,1-2H3,(H2,15,16,17). The maximum atomic E-state index is 11.1. The summed E-state index contributed by atoms with van der Waals surface area (Å²) in [4.78, 5) is 6.80. The van der Waals surface area contributed by atoms with Crippen LogP contribution in [0.25, 0.3) is 0 Å². The van der Waals surface area contributed by atoms with Gasteiger partial charge in [0, 0.05) is 39.0 Å². The fraction of sp³-hybridized carbons (Fsp3) is 0.929. The van der Waals surface area contributed by atoms with E-state index < -0.39 is 9.84 Å². The molecule has 1 heterocycles. The van der Waals surface area contributed by atoms with E-state index in [1.807, 2.05) is 6.92 Å². The predicted octanol–water partition coefficient (Wildman–Crippen LogP) is -0.301. The minimum Gasteiger partial charge on any atom is -0.379 e. The lowest BCUT2D eigenvalue weighted by molar-refractivity contribution is 0.0376. The Balaban J connectivity index is 2.18. The van der Waals surface area contributed by atoms with E-state index >= 15 is 0 Å². The summed E-state index contributed by atoms with van der Waals surface area (Å²) in [7, 11) is -2.89. The predicted molar refractivity (Wildman–Crippen MR) is 90.2 cm³/mol. The highest BCUT2D eigenvalue weighted by Crippen LogP contribution is 1.97. The Morgan fingerprint density at radius 3 is 2.59 bits per heavy atom. The fourth-order valence-electron chi connectivity index (χ4n) is 2.19. The summed E-state index contributed by atoms with van der Waals surface area (Å²) < 4.78 is 27.5. The molecule has 0 aromatic carbocycles. The van der Waals surface area contributed by atoms with Crippen molar-refractivity contribution in [3.63, 3.8) is 0 Å². The van der Waals surface area contributed by atoms with Crippen LogP contribution in [0.5, 0.6) is 0 Å². The van der Waals surface area contributed by atoms with Crippen molar-refractivity contribution in [3.8, 4) is 0 Å². The van der Waals surface area contributed by atoms with Gasteiger partial charge in [0.25, 0.3) is 0 Å². The summed E-state index contributed by atoms with van der Waals surface area (Å²) in [5.41, 5.74) is 0. The first-order valence-corrected chi connectivity index (χ1v) is 10.1. The smallest absolute Gasteiger partial charge is 0.191 e. The molecule has 1 aliphatic heterocycles. The summed E-state index contributed by atoms with van der Waals surface area (Å²) in [6, 6.07) is 0. The molecular weight excluding hydrogens is 304 g/mol. The molecule has 1 fully saturated rings. The molecule has 22 heavy (non-hydrogen) atoms. The van der Waals surface area contributed by atoms with Gasteiger partial charge in [-0.1, -0.05) is 0 Å². The summed E-state index contributed by atoms with van der Waals surface area (Å²) in [5, 5.41) is 6.46.